The SMILES string of the molecule is N#Cc1ccc(OCc2ccc(C(=O)NCC3CCCOC3c3ccccc3)o2)cc1. The summed E-state index contributed by atoms with van der Waals surface area (Å²) in [6, 6.07) is 22.4. The van der Waals surface area contributed by atoms with Crippen molar-refractivity contribution < 1.29 is 18.7 Å². The molecule has 1 amide bonds. The molecule has 0 aliphatic carbocycles. The molecule has 1 aliphatic rings. The summed E-state index contributed by atoms with van der Waals surface area (Å²) < 4.78 is 17.3. The highest BCUT2D eigenvalue weighted by molar-refractivity contribution is 5.91. The fraction of sp³-hybridized carbons (Fsp3) is 0.280. The van der Waals surface area contributed by atoms with E-state index < -0.39 is 0 Å². The molecule has 1 N–H and O–H groups in total. The quantitative estimate of drug-likeness (QED) is 0.607. The molecule has 0 spiro atoms. The summed E-state index contributed by atoms with van der Waals surface area (Å²) in [5.41, 5.74) is 1.71. The van der Waals surface area contributed by atoms with E-state index in [9.17, 15) is 4.79 Å². The van der Waals surface area contributed by atoms with Crippen LogP contribution in [0.25, 0.3) is 0 Å². The highest BCUT2D eigenvalue weighted by Gasteiger charge is 2.28. The van der Waals surface area contributed by atoms with Crippen LogP contribution in [0.5, 0.6) is 5.75 Å². The first-order valence-corrected chi connectivity index (χ1v) is 10.4. The summed E-state index contributed by atoms with van der Waals surface area (Å²) in [5, 5.41) is 11.8. The second kappa shape index (κ2) is 9.96. The zero-order chi connectivity index (χ0) is 21.5. The van der Waals surface area contributed by atoms with Crippen LogP contribution in [0.4, 0.5) is 0 Å². The smallest absolute Gasteiger partial charge is 0.287 e. The molecule has 6 nitrogen and oxygen atoms in total. The molecule has 2 heterocycles. The minimum Gasteiger partial charge on any atom is -0.486 e. The largest absolute Gasteiger partial charge is 0.486 e. The topological polar surface area (TPSA) is 84.5 Å². The van der Waals surface area contributed by atoms with Crippen LogP contribution in [-0.4, -0.2) is 19.1 Å². The maximum Gasteiger partial charge on any atom is 0.287 e. The third-order valence-electron chi connectivity index (χ3n) is 5.35. The Morgan fingerprint density at radius 2 is 1.90 bits per heavy atom. The summed E-state index contributed by atoms with van der Waals surface area (Å²) in [6.45, 7) is 1.46. The number of carbonyl (C=O) groups is 1. The van der Waals surface area contributed by atoms with Crippen LogP contribution in [0.2, 0.25) is 0 Å². The molecule has 31 heavy (non-hydrogen) atoms. The normalized spacial score (nSPS) is 18.2. The second-order valence-corrected chi connectivity index (χ2v) is 7.51. The molecule has 2 unspecified atom stereocenters. The zero-order valence-corrected chi connectivity index (χ0v) is 17.1. The van der Waals surface area contributed by atoms with Gasteiger partial charge < -0.3 is 19.2 Å². The Morgan fingerprint density at radius 3 is 2.68 bits per heavy atom. The number of carbonyl (C=O) groups excluding carboxylic acids is 1. The van der Waals surface area contributed by atoms with Gasteiger partial charge in [0.15, 0.2) is 5.76 Å². The van der Waals surface area contributed by atoms with E-state index >= 15 is 0 Å². The number of furan rings is 1. The molecule has 3 aromatic rings. The van der Waals surface area contributed by atoms with Crippen molar-refractivity contribution in [1.82, 2.24) is 5.32 Å². The summed E-state index contributed by atoms with van der Waals surface area (Å²) in [5.74, 6) is 1.41. The highest BCUT2D eigenvalue weighted by atomic mass is 16.5. The van der Waals surface area contributed by atoms with Gasteiger partial charge in [0.25, 0.3) is 5.91 Å². The molecule has 0 saturated carbocycles. The Labute approximate surface area is 181 Å². The third kappa shape index (κ3) is 5.33. The first-order valence-electron chi connectivity index (χ1n) is 10.4. The van der Waals surface area contributed by atoms with E-state index in [-0.39, 0.29) is 30.3 Å². The number of amides is 1. The van der Waals surface area contributed by atoms with Crippen molar-refractivity contribution in [3.05, 3.63) is 89.4 Å². The molecule has 1 aromatic heterocycles. The Hall–Kier alpha value is -3.56. The van der Waals surface area contributed by atoms with Gasteiger partial charge in [-0.1, -0.05) is 30.3 Å². The van der Waals surface area contributed by atoms with Crippen molar-refractivity contribution in [3.63, 3.8) is 0 Å². The molecule has 1 aliphatic heterocycles. The minimum absolute atomic E-state index is 0.0109. The molecule has 1 saturated heterocycles. The van der Waals surface area contributed by atoms with Gasteiger partial charge in [0.2, 0.25) is 0 Å². The van der Waals surface area contributed by atoms with Crippen LogP contribution in [-0.2, 0) is 11.3 Å². The second-order valence-electron chi connectivity index (χ2n) is 7.51. The predicted octanol–water partition coefficient (Wildman–Crippen LogP) is 4.63. The Bertz CT molecular complexity index is 1040. The molecular formula is C25H24N2O4. The molecule has 2 atom stereocenters. The van der Waals surface area contributed by atoms with E-state index in [1.165, 1.54) is 0 Å². The molecule has 2 aromatic carbocycles. The van der Waals surface area contributed by atoms with E-state index in [2.05, 4.69) is 23.5 Å². The van der Waals surface area contributed by atoms with Crippen molar-refractivity contribution in [2.75, 3.05) is 13.2 Å². The molecular weight excluding hydrogens is 392 g/mol. The van der Waals surface area contributed by atoms with Gasteiger partial charge >= 0.3 is 0 Å². The number of nitrogens with zero attached hydrogens (tertiary/aromatic N) is 1. The van der Waals surface area contributed by atoms with Crippen LogP contribution in [0.15, 0.2) is 71.1 Å². The van der Waals surface area contributed by atoms with Crippen LogP contribution in [0.3, 0.4) is 0 Å². The number of hydrogen-bond acceptors (Lipinski definition) is 5. The van der Waals surface area contributed by atoms with Gasteiger partial charge in [0, 0.05) is 19.1 Å². The van der Waals surface area contributed by atoms with Gasteiger partial charge in [-0.25, -0.2) is 0 Å². The van der Waals surface area contributed by atoms with Crippen LogP contribution >= 0.6 is 0 Å². The number of rotatable bonds is 7. The zero-order valence-electron chi connectivity index (χ0n) is 17.1. The molecule has 6 heteroatoms. The third-order valence-corrected chi connectivity index (χ3v) is 5.35. The maximum absolute atomic E-state index is 12.6. The van der Waals surface area contributed by atoms with Gasteiger partial charge in [0.05, 0.1) is 17.7 Å². The lowest BCUT2D eigenvalue weighted by molar-refractivity contribution is -0.0273. The molecule has 0 bridgehead atoms. The summed E-state index contributed by atoms with van der Waals surface area (Å²) in [7, 11) is 0. The predicted molar refractivity (Wildman–Crippen MR) is 114 cm³/mol. The number of nitrogens with one attached hydrogen (secondary N) is 1. The molecule has 1 fully saturated rings. The number of benzene rings is 2. The lowest BCUT2D eigenvalue weighted by Gasteiger charge is -2.32. The van der Waals surface area contributed by atoms with Gasteiger partial charge in [-0.2, -0.15) is 5.26 Å². The fourth-order valence-electron chi connectivity index (χ4n) is 3.73. The Morgan fingerprint density at radius 1 is 1.10 bits per heavy atom. The number of hydrogen-bond donors (Lipinski definition) is 1. The van der Waals surface area contributed by atoms with Crippen molar-refractivity contribution in [3.8, 4) is 11.8 Å². The monoisotopic (exact) mass is 416 g/mol. The molecule has 158 valence electrons. The van der Waals surface area contributed by atoms with Gasteiger partial charge in [0.1, 0.15) is 18.1 Å². The van der Waals surface area contributed by atoms with E-state index in [1.807, 2.05) is 18.2 Å². The van der Waals surface area contributed by atoms with Crippen molar-refractivity contribution >= 4 is 5.91 Å². The standard InChI is InChI=1S/C25H24N2O4/c26-15-18-8-10-21(11-9-18)30-17-22-12-13-23(31-22)25(28)27-16-20-7-4-14-29-24(20)19-5-2-1-3-6-19/h1-3,5-6,8-13,20,24H,4,7,14,16-17H2,(H,27,28). The van der Waals surface area contributed by atoms with Crippen molar-refractivity contribution in [2.24, 2.45) is 5.92 Å². The average Bonchev–Trinajstić information content (AvgIpc) is 3.31. The summed E-state index contributed by atoms with van der Waals surface area (Å²) >= 11 is 0. The molecule has 0 radical (unpaired) electrons. The summed E-state index contributed by atoms with van der Waals surface area (Å²) in [6.07, 6.45) is 1.98. The average molecular weight is 416 g/mol. The van der Waals surface area contributed by atoms with Crippen LogP contribution in [0, 0.1) is 17.2 Å². The van der Waals surface area contributed by atoms with E-state index in [4.69, 9.17) is 19.2 Å². The van der Waals surface area contributed by atoms with Crippen LogP contribution in [0.1, 0.15) is 46.4 Å². The van der Waals surface area contributed by atoms with Gasteiger partial charge in [-0.3, -0.25) is 4.79 Å². The Kier molecular flexibility index (Phi) is 6.65. The van der Waals surface area contributed by atoms with E-state index in [0.29, 0.717) is 23.6 Å². The lowest BCUT2D eigenvalue weighted by Crippen LogP contribution is -2.35. The van der Waals surface area contributed by atoms with E-state index in [1.54, 1.807) is 36.4 Å². The van der Waals surface area contributed by atoms with Crippen molar-refractivity contribution in [2.45, 2.75) is 25.6 Å². The maximum atomic E-state index is 12.6. The Balaban J connectivity index is 1.30. The fourth-order valence-corrected chi connectivity index (χ4v) is 3.73. The first-order chi connectivity index (χ1) is 15.2. The van der Waals surface area contributed by atoms with E-state index in [0.717, 1.165) is 25.0 Å². The number of ether oxygens (including phenoxy) is 2. The van der Waals surface area contributed by atoms with Crippen molar-refractivity contribution in [1.29, 1.82) is 5.26 Å². The summed E-state index contributed by atoms with van der Waals surface area (Å²) in [4.78, 5) is 12.6. The van der Waals surface area contributed by atoms with Crippen LogP contribution < -0.4 is 10.1 Å². The van der Waals surface area contributed by atoms with Gasteiger partial charge in [-0.15, -0.1) is 0 Å². The minimum atomic E-state index is -0.248. The molecule has 4 rings (SSSR count). The highest BCUT2D eigenvalue weighted by Crippen LogP contribution is 2.33. The van der Waals surface area contributed by atoms with Gasteiger partial charge in [-0.05, 0) is 54.8 Å². The first kappa shape index (κ1) is 20.7. The lowest BCUT2D eigenvalue weighted by atomic mass is 9.89. The number of nitriles is 1.